The zero-order valence-electron chi connectivity index (χ0n) is 10.5. The molecule has 21 heavy (non-hydrogen) atoms. The lowest BCUT2D eigenvalue weighted by molar-refractivity contribution is 0.555. The minimum absolute atomic E-state index is 0.0696. The topological polar surface area (TPSA) is 74.8 Å². The number of aromatic nitrogens is 2. The number of aromatic amines is 1. The average molecular weight is 309 g/mol. The van der Waals surface area contributed by atoms with Gasteiger partial charge in [-0.25, -0.2) is 26.9 Å². The Morgan fingerprint density at radius 2 is 1.86 bits per heavy atom. The van der Waals surface area contributed by atoms with Crippen molar-refractivity contribution >= 4 is 27.0 Å². The number of hydrogen-bond acceptors (Lipinski definition) is 3. The van der Waals surface area contributed by atoms with Crippen LogP contribution in [0.15, 0.2) is 47.4 Å². The molecule has 0 radical (unpaired) electrons. The van der Waals surface area contributed by atoms with Gasteiger partial charge in [-0.1, -0.05) is 12.1 Å². The molecule has 0 atom stereocenters. The first-order valence-electron chi connectivity index (χ1n) is 5.88. The van der Waals surface area contributed by atoms with Crippen LogP contribution >= 0.6 is 0 Å². The van der Waals surface area contributed by atoms with Crippen molar-refractivity contribution in [3.8, 4) is 0 Å². The molecular weight excluding hydrogens is 300 g/mol. The van der Waals surface area contributed by atoms with Crippen LogP contribution in [0, 0.1) is 11.6 Å². The molecule has 0 aliphatic rings. The van der Waals surface area contributed by atoms with Crippen molar-refractivity contribution in [2.24, 2.45) is 0 Å². The molecule has 0 spiro atoms. The van der Waals surface area contributed by atoms with E-state index in [0.29, 0.717) is 17.1 Å². The maximum absolute atomic E-state index is 13.6. The van der Waals surface area contributed by atoms with E-state index in [4.69, 9.17) is 0 Å². The van der Waals surface area contributed by atoms with Crippen LogP contribution in [0.4, 0.5) is 14.7 Å². The number of imidazole rings is 1. The molecule has 0 aliphatic carbocycles. The minimum atomic E-state index is -4.27. The molecule has 108 valence electrons. The number of H-pyrrole nitrogens is 1. The molecule has 0 amide bonds. The zero-order chi connectivity index (χ0) is 15.0. The summed E-state index contributed by atoms with van der Waals surface area (Å²) in [4.78, 5) is 5.98. The van der Waals surface area contributed by atoms with Crippen LogP contribution in [0.1, 0.15) is 0 Å². The number of nitrogens with one attached hydrogen (secondary N) is 2. The Balaban J connectivity index is 2.01. The van der Waals surface area contributed by atoms with Crippen molar-refractivity contribution < 1.29 is 17.2 Å². The fourth-order valence-corrected chi connectivity index (χ4v) is 2.92. The number of benzene rings is 2. The van der Waals surface area contributed by atoms with E-state index in [0.717, 1.165) is 12.1 Å². The SMILES string of the molecule is O=S(=O)(Nc1nc2ccccc2[nH]1)c1cc(F)ccc1F. The normalized spacial score (nSPS) is 11.7. The van der Waals surface area contributed by atoms with Crippen LogP contribution in [0.5, 0.6) is 0 Å². The quantitative estimate of drug-likeness (QED) is 0.781. The summed E-state index contributed by atoms with van der Waals surface area (Å²) in [5.41, 5.74) is 1.17. The number of para-hydroxylation sites is 2. The number of halogens is 2. The van der Waals surface area contributed by atoms with E-state index >= 15 is 0 Å². The monoisotopic (exact) mass is 309 g/mol. The van der Waals surface area contributed by atoms with Crippen molar-refractivity contribution in [3.05, 3.63) is 54.1 Å². The summed E-state index contributed by atoms with van der Waals surface area (Å²) in [6.45, 7) is 0. The van der Waals surface area contributed by atoms with Gasteiger partial charge in [0.15, 0.2) is 0 Å². The van der Waals surface area contributed by atoms with Crippen molar-refractivity contribution in [2.45, 2.75) is 4.90 Å². The molecule has 3 rings (SSSR count). The number of fused-ring (bicyclic) bond motifs is 1. The highest BCUT2D eigenvalue weighted by Crippen LogP contribution is 2.20. The lowest BCUT2D eigenvalue weighted by atomic mass is 10.3. The van der Waals surface area contributed by atoms with Crippen LogP contribution in [0.3, 0.4) is 0 Å². The predicted molar refractivity (Wildman–Crippen MR) is 73.3 cm³/mol. The zero-order valence-corrected chi connectivity index (χ0v) is 11.3. The second-order valence-electron chi connectivity index (χ2n) is 4.28. The highest BCUT2D eigenvalue weighted by molar-refractivity contribution is 7.92. The number of sulfonamides is 1. The van der Waals surface area contributed by atoms with Gasteiger partial charge in [-0.2, -0.15) is 0 Å². The van der Waals surface area contributed by atoms with E-state index in [1.807, 2.05) is 0 Å². The van der Waals surface area contributed by atoms with Gasteiger partial charge in [-0.05, 0) is 30.3 Å². The molecule has 3 aromatic rings. The molecule has 0 bridgehead atoms. The highest BCUT2D eigenvalue weighted by atomic mass is 32.2. The first-order chi connectivity index (χ1) is 9.95. The minimum Gasteiger partial charge on any atom is -0.323 e. The number of anilines is 1. The largest absolute Gasteiger partial charge is 0.323 e. The van der Waals surface area contributed by atoms with E-state index in [1.54, 1.807) is 24.3 Å². The van der Waals surface area contributed by atoms with Crippen molar-refractivity contribution in [1.29, 1.82) is 0 Å². The summed E-state index contributed by atoms with van der Waals surface area (Å²) in [6, 6.07) is 9.10. The summed E-state index contributed by atoms with van der Waals surface area (Å²) < 4.78 is 52.9. The molecule has 0 unspecified atom stereocenters. The van der Waals surface area contributed by atoms with Crippen LogP contribution in [0.2, 0.25) is 0 Å². The lowest BCUT2D eigenvalue weighted by Gasteiger charge is -2.06. The molecule has 0 saturated heterocycles. The van der Waals surface area contributed by atoms with Gasteiger partial charge in [0.25, 0.3) is 10.0 Å². The van der Waals surface area contributed by atoms with E-state index in [2.05, 4.69) is 14.7 Å². The Morgan fingerprint density at radius 3 is 2.62 bits per heavy atom. The summed E-state index contributed by atoms with van der Waals surface area (Å²) in [7, 11) is -4.27. The van der Waals surface area contributed by atoms with E-state index < -0.39 is 26.6 Å². The molecule has 1 heterocycles. The van der Waals surface area contributed by atoms with Gasteiger partial charge in [-0.15, -0.1) is 0 Å². The van der Waals surface area contributed by atoms with Crippen molar-refractivity contribution in [2.75, 3.05) is 4.72 Å². The molecule has 0 aliphatic heterocycles. The first kappa shape index (κ1) is 13.5. The summed E-state index contributed by atoms with van der Waals surface area (Å²) >= 11 is 0. The predicted octanol–water partition coefficient (Wildman–Crippen LogP) is 2.64. The molecule has 2 aromatic carbocycles. The summed E-state index contributed by atoms with van der Waals surface area (Å²) in [5.74, 6) is -1.96. The van der Waals surface area contributed by atoms with Gasteiger partial charge in [-0.3, -0.25) is 0 Å². The maximum Gasteiger partial charge on any atom is 0.267 e. The molecule has 1 aromatic heterocycles. The fourth-order valence-electron chi connectivity index (χ4n) is 1.87. The highest BCUT2D eigenvalue weighted by Gasteiger charge is 2.21. The Hall–Kier alpha value is -2.48. The third-order valence-electron chi connectivity index (χ3n) is 2.80. The Kier molecular flexibility index (Phi) is 3.09. The molecule has 0 saturated carbocycles. The standard InChI is InChI=1S/C13H9F2N3O2S/c14-8-5-6-9(15)12(7-8)21(19,20)18-13-16-10-3-1-2-4-11(10)17-13/h1-7H,(H2,16,17,18). The maximum atomic E-state index is 13.6. The number of nitrogens with zero attached hydrogens (tertiary/aromatic N) is 1. The van der Waals surface area contributed by atoms with Crippen LogP contribution < -0.4 is 4.72 Å². The Bertz CT molecular complexity index is 889. The smallest absolute Gasteiger partial charge is 0.267 e. The third-order valence-corrected chi connectivity index (χ3v) is 4.16. The Morgan fingerprint density at radius 1 is 1.10 bits per heavy atom. The average Bonchev–Trinajstić information content (AvgIpc) is 2.82. The van der Waals surface area contributed by atoms with Gasteiger partial charge in [0, 0.05) is 0 Å². The van der Waals surface area contributed by atoms with Gasteiger partial charge < -0.3 is 4.98 Å². The lowest BCUT2D eigenvalue weighted by Crippen LogP contribution is -2.15. The molecule has 5 nitrogen and oxygen atoms in total. The second kappa shape index (κ2) is 4.81. The van der Waals surface area contributed by atoms with Crippen LogP contribution in [0.25, 0.3) is 11.0 Å². The number of hydrogen-bond donors (Lipinski definition) is 2. The van der Waals surface area contributed by atoms with E-state index in [9.17, 15) is 17.2 Å². The molecule has 0 fully saturated rings. The fraction of sp³-hybridized carbons (Fsp3) is 0. The van der Waals surface area contributed by atoms with Crippen LogP contribution in [-0.2, 0) is 10.0 Å². The van der Waals surface area contributed by atoms with Crippen molar-refractivity contribution in [3.63, 3.8) is 0 Å². The molecular formula is C13H9F2N3O2S. The van der Waals surface area contributed by atoms with Gasteiger partial charge in [0.05, 0.1) is 11.0 Å². The van der Waals surface area contributed by atoms with E-state index in [1.165, 1.54) is 0 Å². The van der Waals surface area contributed by atoms with Gasteiger partial charge in [0.2, 0.25) is 5.95 Å². The molecule has 2 N–H and O–H groups in total. The second-order valence-corrected chi connectivity index (χ2v) is 5.93. The van der Waals surface area contributed by atoms with Gasteiger partial charge in [0.1, 0.15) is 16.5 Å². The third kappa shape index (κ3) is 2.57. The van der Waals surface area contributed by atoms with Crippen LogP contribution in [-0.4, -0.2) is 18.4 Å². The molecule has 8 heteroatoms. The first-order valence-corrected chi connectivity index (χ1v) is 7.37. The number of rotatable bonds is 3. The Labute approximate surface area is 118 Å². The van der Waals surface area contributed by atoms with Crippen molar-refractivity contribution in [1.82, 2.24) is 9.97 Å². The summed E-state index contributed by atoms with van der Waals surface area (Å²) in [6.07, 6.45) is 0. The summed E-state index contributed by atoms with van der Waals surface area (Å²) in [5, 5.41) is 0. The van der Waals surface area contributed by atoms with E-state index in [-0.39, 0.29) is 5.95 Å². The van der Waals surface area contributed by atoms with Gasteiger partial charge >= 0.3 is 0 Å².